The zero-order valence-electron chi connectivity index (χ0n) is 12.2. The topological polar surface area (TPSA) is 58.2 Å². The monoisotopic (exact) mass is 316 g/mol. The highest BCUT2D eigenvalue weighted by molar-refractivity contribution is 7.89. The molecule has 0 saturated heterocycles. The van der Waals surface area contributed by atoms with Crippen LogP contribution in [0.4, 0.5) is 0 Å². The van der Waals surface area contributed by atoms with Crippen LogP contribution in [-0.2, 0) is 16.6 Å². The first kappa shape index (κ1) is 15.9. The van der Waals surface area contributed by atoms with E-state index in [4.69, 9.17) is 0 Å². The van der Waals surface area contributed by atoms with Gasteiger partial charge in [-0.25, -0.2) is 13.1 Å². The minimum absolute atomic E-state index is 0.431. The van der Waals surface area contributed by atoms with E-state index in [2.05, 4.69) is 17.0 Å². The third-order valence-corrected chi connectivity index (χ3v) is 6.50. The van der Waals surface area contributed by atoms with Gasteiger partial charge in [0.25, 0.3) is 0 Å². The van der Waals surface area contributed by atoms with Gasteiger partial charge >= 0.3 is 0 Å². The first-order chi connectivity index (χ1) is 9.53. The van der Waals surface area contributed by atoms with Gasteiger partial charge in [0.1, 0.15) is 0 Å². The molecule has 0 amide bonds. The summed E-state index contributed by atoms with van der Waals surface area (Å²) >= 11 is 1.48. The Morgan fingerprint density at radius 3 is 2.90 bits per heavy atom. The summed E-state index contributed by atoms with van der Waals surface area (Å²) in [6, 6.07) is 1.70. The van der Waals surface area contributed by atoms with Crippen LogP contribution in [0.5, 0.6) is 0 Å². The van der Waals surface area contributed by atoms with Crippen LogP contribution in [0, 0.1) is 11.8 Å². The van der Waals surface area contributed by atoms with Crippen molar-refractivity contribution < 1.29 is 8.42 Å². The van der Waals surface area contributed by atoms with E-state index in [1.54, 1.807) is 6.07 Å². The first-order valence-electron chi connectivity index (χ1n) is 7.23. The summed E-state index contributed by atoms with van der Waals surface area (Å²) in [5, 5.41) is 4.85. The molecule has 0 radical (unpaired) electrons. The Bertz CT molecular complexity index is 525. The standard InChI is InChI=1S/C14H24N2O2S2/c1-11-4-3-5-12(8-11)9-16-20(17,18)14-6-7-19-13(14)10-15-2/h6-7,11-12,15-16H,3-5,8-10H2,1-2H3. The van der Waals surface area contributed by atoms with E-state index in [9.17, 15) is 8.42 Å². The van der Waals surface area contributed by atoms with Gasteiger partial charge in [-0.2, -0.15) is 0 Å². The predicted octanol–water partition coefficient (Wildman–Crippen LogP) is 2.57. The number of hydrogen-bond acceptors (Lipinski definition) is 4. The summed E-state index contributed by atoms with van der Waals surface area (Å²) in [5.41, 5.74) is 0. The average Bonchev–Trinajstić information content (AvgIpc) is 2.86. The molecule has 0 aliphatic heterocycles. The van der Waals surface area contributed by atoms with Gasteiger partial charge < -0.3 is 5.32 Å². The second-order valence-corrected chi connectivity index (χ2v) is 8.46. The Hall–Kier alpha value is -0.430. The van der Waals surface area contributed by atoms with E-state index in [1.807, 2.05) is 12.4 Å². The molecule has 0 aromatic carbocycles. The van der Waals surface area contributed by atoms with Crippen LogP contribution in [-0.4, -0.2) is 22.0 Å². The lowest BCUT2D eigenvalue weighted by atomic mass is 9.83. The second-order valence-electron chi connectivity index (χ2n) is 5.73. The normalized spacial score (nSPS) is 23.9. The van der Waals surface area contributed by atoms with E-state index >= 15 is 0 Å². The highest BCUT2D eigenvalue weighted by Crippen LogP contribution is 2.28. The fourth-order valence-corrected chi connectivity index (χ4v) is 5.48. The lowest BCUT2D eigenvalue weighted by Gasteiger charge is -2.26. The van der Waals surface area contributed by atoms with Crippen LogP contribution >= 0.6 is 11.3 Å². The van der Waals surface area contributed by atoms with E-state index in [0.29, 0.717) is 23.9 Å². The van der Waals surface area contributed by atoms with Crippen LogP contribution in [0.3, 0.4) is 0 Å². The Balaban J connectivity index is 1.98. The number of nitrogens with one attached hydrogen (secondary N) is 2. The number of rotatable bonds is 6. The lowest BCUT2D eigenvalue weighted by molar-refractivity contribution is 0.283. The Kier molecular flexibility index (Phi) is 5.60. The highest BCUT2D eigenvalue weighted by atomic mass is 32.2. The molecular weight excluding hydrogens is 292 g/mol. The summed E-state index contributed by atoms with van der Waals surface area (Å²) in [6.45, 7) is 3.42. The molecule has 20 heavy (non-hydrogen) atoms. The zero-order valence-corrected chi connectivity index (χ0v) is 13.8. The van der Waals surface area contributed by atoms with Crippen molar-refractivity contribution in [3.63, 3.8) is 0 Å². The van der Waals surface area contributed by atoms with Gasteiger partial charge in [0.15, 0.2) is 0 Å². The van der Waals surface area contributed by atoms with Crippen LogP contribution in [0.1, 0.15) is 37.5 Å². The van der Waals surface area contributed by atoms with Crippen molar-refractivity contribution in [3.8, 4) is 0 Å². The van der Waals surface area contributed by atoms with Gasteiger partial charge in [0.2, 0.25) is 10.0 Å². The molecule has 6 heteroatoms. The Morgan fingerprint density at radius 2 is 2.20 bits per heavy atom. The summed E-state index contributed by atoms with van der Waals surface area (Å²) in [7, 11) is -1.54. The summed E-state index contributed by atoms with van der Waals surface area (Å²) in [6.07, 6.45) is 4.77. The highest BCUT2D eigenvalue weighted by Gasteiger charge is 2.23. The minimum atomic E-state index is -3.37. The van der Waals surface area contributed by atoms with E-state index in [0.717, 1.165) is 23.6 Å². The molecule has 4 nitrogen and oxygen atoms in total. The molecule has 0 bridgehead atoms. The summed E-state index contributed by atoms with van der Waals surface area (Å²) in [4.78, 5) is 1.30. The smallest absolute Gasteiger partial charge is 0.241 e. The van der Waals surface area contributed by atoms with Crippen molar-refractivity contribution in [1.82, 2.24) is 10.0 Å². The van der Waals surface area contributed by atoms with Gasteiger partial charge in [-0.05, 0) is 43.2 Å². The SMILES string of the molecule is CNCc1sccc1S(=O)(=O)NCC1CCCC(C)C1. The van der Waals surface area contributed by atoms with Crippen molar-refractivity contribution in [1.29, 1.82) is 0 Å². The number of sulfonamides is 1. The fraction of sp³-hybridized carbons (Fsp3) is 0.714. The molecule has 114 valence electrons. The van der Waals surface area contributed by atoms with Crippen LogP contribution in [0.2, 0.25) is 0 Å². The summed E-state index contributed by atoms with van der Waals surface area (Å²) < 4.78 is 27.6. The predicted molar refractivity (Wildman–Crippen MR) is 83.4 cm³/mol. The van der Waals surface area contributed by atoms with Crippen molar-refractivity contribution in [2.24, 2.45) is 11.8 Å². The molecule has 2 atom stereocenters. The number of hydrogen-bond donors (Lipinski definition) is 2. The quantitative estimate of drug-likeness (QED) is 0.848. The van der Waals surface area contributed by atoms with Crippen molar-refractivity contribution >= 4 is 21.4 Å². The molecule has 1 aliphatic carbocycles. The van der Waals surface area contributed by atoms with Crippen LogP contribution < -0.4 is 10.0 Å². The molecule has 1 heterocycles. The third-order valence-electron chi connectivity index (χ3n) is 3.94. The second kappa shape index (κ2) is 7.02. The summed E-state index contributed by atoms with van der Waals surface area (Å²) in [5.74, 6) is 1.21. The molecule has 1 fully saturated rings. The molecule has 1 aliphatic rings. The van der Waals surface area contributed by atoms with Gasteiger partial charge in [0, 0.05) is 18.0 Å². The van der Waals surface area contributed by atoms with E-state index in [1.165, 1.54) is 24.2 Å². The van der Waals surface area contributed by atoms with E-state index < -0.39 is 10.0 Å². The number of thiophene rings is 1. The van der Waals surface area contributed by atoms with Gasteiger partial charge in [-0.3, -0.25) is 0 Å². The molecule has 2 unspecified atom stereocenters. The van der Waals surface area contributed by atoms with Crippen LogP contribution in [0.15, 0.2) is 16.3 Å². The molecule has 0 spiro atoms. The van der Waals surface area contributed by atoms with Gasteiger partial charge in [-0.1, -0.05) is 19.8 Å². The first-order valence-corrected chi connectivity index (χ1v) is 9.60. The molecule has 1 saturated carbocycles. The molecule has 2 rings (SSSR count). The van der Waals surface area contributed by atoms with Gasteiger partial charge in [-0.15, -0.1) is 11.3 Å². The van der Waals surface area contributed by atoms with Gasteiger partial charge in [0.05, 0.1) is 4.90 Å². The Labute approximate surface area is 126 Å². The van der Waals surface area contributed by atoms with Crippen LogP contribution in [0.25, 0.3) is 0 Å². The molecular formula is C14H24N2O2S2. The maximum absolute atomic E-state index is 12.4. The van der Waals surface area contributed by atoms with Crippen molar-refractivity contribution in [2.75, 3.05) is 13.6 Å². The fourth-order valence-electron chi connectivity index (χ4n) is 2.91. The van der Waals surface area contributed by atoms with Crippen molar-refractivity contribution in [3.05, 3.63) is 16.3 Å². The lowest BCUT2D eigenvalue weighted by Crippen LogP contribution is -2.32. The Morgan fingerprint density at radius 1 is 1.40 bits per heavy atom. The molecule has 1 aromatic rings. The maximum Gasteiger partial charge on any atom is 0.241 e. The van der Waals surface area contributed by atoms with E-state index in [-0.39, 0.29) is 0 Å². The molecule has 2 N–H and O–H groups in total. The minimum Gasteiger partial charge on any atom is -0.315 e. The third kappa shape index (κ3) is 4.04. The molecule has 1 aromatic heterocycles. The zero-order chi connectivity index (χ0) is 14.6. The largest absolute Gasteiger partial charge is 0.315 e. The van der Waals surface area contributed by atoms with Crippen molar-refractivity contribution in [2.45, 2.75) is 44.0 Å². The maximum atomic E-state index is 12.4. The average molecular weight is 316 g/mol.